The number of halogens is 1. The van der Waals surface area contributed by atoms with E-state index in [4.69, 9.17) is 5.73 Å². The maximum atomic E-state index is 13.2. The minimum atomic E-state index is -0.228. The first kappa shape index (κ1) is 15.5. The van der Waals surface area contributed by atoms with Gasteiger partial charge in [0.2, 0.25) is 0 Å². The summed E-state index contributed by atoms with van der Waals surface area (Å²) in [7, 11) is 0. The lowest BCUT2D eigenvalue weighted by Gasteiger charge is -2.13. The van der Waals surface area contributed by atoms with Gasteiger partial charge in [-0.25, -0.2) is 4.39 Å². The van der Waals surface area contributed by atoms with Crippen LogP contribution in [0.2, 0.25) is 0 Å². The summed E-state index contributed by atoms with van der Waals surface area (Å²) < 4.78 is 13.2. The molecule has 5 heteroatoms. The van der Waals surface area contributed by atoms with E-state index in [2.05, 4.69) is 33.7 Å². The molecule has 3 N–H and O–H groups in total. The molecule has 2 aromatic carbocycles. The Morgan fingerprint density at radius 1 is 0.920 bits per heavy atom. The summed E-state index contributed by atoms with van der Waals surface area (Å²) >= 11 is 0. The van der Waals surface area contributed by atoms with Crippen LogP contribution in [0.1, 0.15) is 16.7 Å². The highest BCUT2D eigenvalue weighted by Crippen LogP contribution is 2.31. The predicted octanol–water partition coefficient (Wildman–Crippen LogP) is 3.40. The number of hydrogen-bond acceptors (Lipinski definition) is 4. The zero-order chi connectivity index (χ0) is 17.2. The molecule has 0 amide bonds. The van der Waals surface area contributed by atoms with Crippen molar-refractivity contribution in [1.82, 2.24) is 15.5 Å². The molecule has 0 fully saturated rings. The second-order valence-electron chi connectivity index (χ2n) is 5.97. The summed E-state index contributed by atoms with van der Waals surface area (Å²) in [4.78, 5) is 0. The molecule has 4 nitrogen and oxygen atoms in total. The van der Waals surface area contributed by atoms with Gasteiger partial charge in [-0.1, -0.05) is 30.3 Å². The number of benzene rings is 2. The number of fused-ring (bicyclic) bond motifs is 1. The Labute approximate surface area is 145 Å². The topological polar surface area (TPSA) is 63.8 Å². The van der Waals surface area contributed by atoms with E-state index in [-0.39, 0.29) is 5.82 Å². The van der Waals surface area contributed by atoms with Gasteiger partial charge in [0, 0.05) is 18.7 Å². The van der Waals surface area contributed by atoms with Gasteiger partial charge < -0.3 is 11.1 Å². The molecular formula is C20H17FN4. The SMILES string of the molecule is Nc1ccc(-c2ccc3c(c2)CNCC=C3c2ccc(F)cc2)nn1. The summed E-state index contributed by atoms with van der Waals surface area (Å²) in [5.74, 6) is 0.176. The van der Waals surface area contributed by atoms with E-state index in [0.717, 1.165) is 41.0 Å². The molecule has 0 spiro atoms. The van der Waals surface area contributed by atoms with E-state index < -0.39 is 0 Å². The maximum Gasteiger partial charge on any atom is 0.146 e. The molecule has 1 aliphatic heterocycles. The van der Waals surface area contributed by atoms with Crippen LogP contribution >= 0.6 is 0 Å². The number of nitrogens with two attached hydrogens (primary N) is 1. The van der Waals surface area contributed by atoms with Crippen LogP contribution in [-0.4, -0.2) is 16.7 Å². The van der Waals surface area contributed by atoms with Crippen LogP contribution in [0, 0.1) is 5.82 Å². The minimum Gasteiger partial charge on any atom is -0.382 e. The highest BCUT2D eigenvalue weighted by atomic mass is 19.1. The Kier molecular flexibility index (Phi) is 3.99. The van der Waals surface area contributed by atoms with Crippen molar-refractivity contribution in [3.8, 4) is 11.3 Å². The lowest BCUT2D eigenvalue weighted by Crippen LogP contribution is -2.11. The zero-order valence-electron chi connectivity index (χ0n) is 13.5. The third-order valence-electron chi connectivity index (χ3n) is 4.30. The van der Waals surface area contributed by atoms with E-state index in [1.54, 1.807) is 6.07 Å². The van der Waals surface area contributed by atoms with E-state index in [1.807, 2.05) is 24.3 Å². The lowest BCUT2D eigenvalue weighted by molar-refractivity contribution is 0.627. The molecule has 2 heterocycles. The first-order valence-electron chi connectivity index (χ1n) is 8.10. The number of nitrogen functional groups attached to an aromatic ring is 1. The van der Waals surface area contributed by atoms with Crippen molar-refractivity contribution in [1.29, 1.82) is 0 Å². The summed E-state index contributed by atoms with van der Waals surface area (Å²) in [5.41, 5.74) is 11.8. The number of rotatable bonds is 2. The third kappa shape index (κ3) is 3.14. The van der Waals surface area contributed by atoms with Crippen molar-refractivity contribution in [2.45, 2.75) is 6.54 Å². The van der Waals surface area contributed by atoms with Crippen LogP contribution < -0.4 is 11.1 Å². The molecule has 25 heavy (non-hydrogen) atoms. The van der Waals surface area contributed by atoms with Gasteiger partial charge in [-0.05, 0) is 52.6 Å². The van der Waals surface area contributed by atoms with Crippen molar-refractivity contribution in [3.63, 3.8) is 0 Å². The van der Waals surface area contributed by atoms with Crippen molar-refractivity contribution >= 4 is 11.4 Å². The van der Waals surface area contributed by atoms with Crippen molar-refractivity contribution in [2.24, 2.45) is 0 Å². The van der Waals surface area contributed by atoms with Crippen LogP contribution in [0.25, 0.3) is 16.8 Å². The van der Waals surface area contributed by atoms with Crippen molar-refractivity contribution < 1.29 is 4.39 Å². The Balaban J connectivity index is 1.77. The smallest absolute Gasteiger partial charge is 0.146 e. The van der Waals surface area contributed by atoms with Crippen molar-refractivity contribution in [2.75, 3.05) is 12.3 Å². The van der Waals surface area contributed by atoms with Crippen LogP contribution in [0.4, 0.5) is 10.2 Å². The first-order valence-corrected chi connectivity index (χ1v) is 8.10. The second kappa shape index (κ2) is 6.45. The highest BCUT2D eigenvalue weighted by molar-refractivity contribution is 5.83. The van der Waals surface area contributed by atoms with Crippen molar-refractivity contribution in [3.05, 3.63) is 83.2 Å². The summed E-state index contributed by atoms with van der Waals surface area (Å²) in [6.45, 7) is 1.52. The highest BCUT2D eigenvalue weighted by Gasteiger charge is 2.14. The maximum absolute atomic E-state index is 13.2. The number of hydrogen-bond donors (Lipinski definition) is 2. The molecule has 0 aliphatic carbocycles. The standard InChI is InChI=1S/C20H17FN4/c21-16-4-1-13(2-5-16)18-9-10-23-12-15-11-14(3-6-17(15)18)19-7-8-20(22)25-24-19/h1-9,11,23H,10,12H2,(H2,22,25). The van der Waals surface area contributed by atoms with Gasteiger partial charge >= 0.3 is 0 Å². The molecule has 0 unspecified atom stereocenters. The normalized spacial score (nSPS) is 13.7. The van der Waals surface area contributed by atoms with Gasteiger partial charge in [0.25, 0.3) is 0 Å². The van der Waals surface area contributed by atoms with Crippen LogP contribution in [0.5, 0.6) is 0 Å². The van der Waals surface area contributed by atoms with Crippen LogP contribution in [0.15, 0.2) is 60.7 Å². The Bertz CT molecular complexity index is 931. The minimum absolute atomic E-state index is 0.228. The quantitative estimate of drug-likeness (QED) is 0.755. The number of nitrogens with one attached hydrogen (secondary N) is 1. The monoisotopic (exact) mass is 332 g/mol. The van der Waals surface area contributed by atoms with Crippen LogP contribution in [-0.2, 0) is 6.54 Å². The molecule has 0 atom stereocenters. The molecule has 3 aromatic rings. The van der Waals surface area contributed by atoms with Gasteiger partial charge in [0.15, 0.2) is 0 Å². The number of anilines is 1. The van der Waals surface area contributed by atoms with Gasteiger partial charge in [-0.15, -0.1) is 10.2 Å². The van der Waals surface area contributed by atoms with Gasteiger partial charge in [-0.2, -0.15) is 0 Å². The van der Waals surface area contributed by atoms with Gasteiger partial charge in [0.05, 0.1) is 5.69 Å². The van der Waals surface area contributed by atoms with E-state index in [1.165, 1.54) is 17.7 Å². The number of aromatic nitrogens is 2. The average Bonchev–Trinajstić information content (AvgIpc) is 2.85. The molecule has 0 saturated heterocycles. The van der Waals surface area contributed by atoms with Gasteiger partial charge in [-0.3, -0.25) is 0 Å². The Morgan fingerprint density at radius 2 is 1.72 bits per heavy atom. The molecule has 0 bridgehead atoms. The molecular weight excluding hydrogens is 315 g/mol. The molecule has 1 aliphatic rings. The molecule has 0 radical (unpaired) electrons. The fourth-order valence-electron chi connectivity index (χ4n) is 3.05. The molecule has 0 saturated carbocycles. The fraction of sp³-hybridized carbons (Fsp3) is 0.100. The largest absolute Gasteiger partial charge is 0.382 e. The summed E-state index contributed by atoms with van der Waals surface area (Å²) in [6, 6.07) is 16.5. The summed E-state index contributed by atoms with van der Waals surface area (Å²) in [6.07, 6.45) is 2.14. The third-order valence-corrected chi connectivity index (χ3v) is 4.30. The molecule has 1 aromatic heterocycles. The molecule has 124 valence electrons. The van der Waals surface area contributed by atoms with Gasteiger partial charge in [0.1, 0.15) is 11.6 Å². The second-order valence-corrected chi connectivity index (χ2v) is 5.97. The Morgan fingerprint density at radius 3 is 2.48 bits per heavy atom. The Hall–Kier alpha value is -3.05. The zero-order valence-corrected chi connectivity index (χ0v) is 13.5. The van der Waals surface area contributed by atoms with Crippen LogP contribution in [0.3, 0.4) is 0 Å². The first-order chi connectivity index (χ1) is 12.2. The van der Waals surface area contributed by atoms with E-state index in [9.17, 15) is 4.39 Å². The average molecular weight is 332 g/mol. The summed E-state index contributed by atoms with van der Waals surface area (Å²) in [5, 5.41) is 11.5. The molecule has 4 rings (SSSR count). The van der Waals surface area contributed by atoms with E-state index >= 15 is 0 Å². The fourth-order valence-corrected chi connectivity index (χ4v) is 3.05. The number of nitrogens with zero attached hydrogens (tertiary/aromatic N) is 2. The lowest BCUT2D eigenvalue weighted by atomic mass is 9.92. The van der Waals surface area contributed by atoms with E-state index in [0.29, 0.717) is 5.82 Å². The predicted molar refractivity (Wildman–Crippen MR) is 97.1 cm³/mol.